The van der Waals surface area contributed by atoms with Crippen molar-refractivity contribution in [1.82, 2.24) is 5.32 Å². The third kappa shape index (κ3) is 4.26. The molecule has 1 fully saturated rings. The third-order valence-corrected chi connectivity index (χ3v) is 3.28. The number of carbonyl (C=O) groups is 2. The molecular formula is C13H23NO5. The number of nitrogens with one attached hydrogen (secondary N) is 1. The predicted molar refractivity (Wildman–Crippen MR) is 68.6 cm³/mol. The highest BCUT2D eigenvalue weighted by Gasteiger charge is 2.41. The molecule has 1 aliphatic rings. The van der Waals surface area contributed by atoms with Gasteiger partial charge in [0.05, 0.1) is 6.61 Å². The second kappa shape index (κ2) is 7.57. The van der Waals surface area contributed by atoms with Crippen LogP contribution in [0, 0.1) is 0 Å². The molecule has 1 aliphatic heterocycles. The Bertz CT molecular complexity index is 314. The summed E-state index contributed by atoms with van der Waals surface area (Å²) in [5.41, 5.74) is -1.37. The lowest BCUT2D eigenvalue weighted by Gasteiger charge is -2.27. The van der Waals surface area contributed by atoms with Crippen LogP contribution >= 0.6 is 0 Å². The number of ether oxygens (including phenoxy) is 3. The number of Topliss-reactive ketones (excluding diaryl/α,β-unsaturated/α-hetero) is 1. The average Bonchev–Trinajstić information content (AvgIpc) is 2.45. The first-order valence-electron chi connectivity index (χ1n) is 6.67. The van der Waals surface area contributed by atoms with Gasteiger partial charge in [0.25, 0.3) is 0 Å². The van der Waals surface area contributed by atoms with Crippen molar-refractivity contribution in [3.8, 4) is 0 Å². The lowest BCUT2D eigenvalue weighted by atomic mass is 9.97. The summed E-state index contributed by atoms with van der Waals surface area (Å²) in [6.45, 7) is 3.92. The van der Waals surface area contributed by atoms with Gasteiger partial charge in [-0.05, 0) is 40.2 Å². The fourth-order valence-corrected chi connectivity index (χ4v) is 1.79. The van der Waals surface area contributed by atoms with Gasteiger partial charge in [0.2, 0.25) is 0 Å². The standard InChI is InChI=1S/C13H23NO5/c1-4-17-12(16)13(2,14-3)10(15)9-19-11-7-5-6-8-18-11/h11,14H,4-9H2,1-3H3/t11?,13-/m1/s1. The second-order valence-electron chi connectivity index (χ2n) is 4.63. The fourth-order valence-electron chi connectivity index (χ4n) is 1.79. The third-order valence-electron chi connectivity index (χ3n) is 3.28. The summed E-state index contributed by atoms with van der Waals surface area (Å²) in [6.07, 6.45) is 2.48. The summed E-state index contributed by atoms with van der Waals surface area (Å²) in [5, 5.41) is 2.71. The number of hydrogen-bond acceptors (Lipinski definition) is 6. The van der Waals surface area contributed by atoms with E-state index in [-0.39, 0.29) is 25.3 Å². The van der Waals surface area contributed by atoms with Gasteiger partial charge in [-0.15, -0.1) is 0 Å². The lowest BCUT2D eigenvalue weighted by molar-refractivity contribution is -0.175. The molecule has 0 saturated carbocycles. The van der Waals surface area contributed by atoms with Crippen LogP contribution in [0.3, 0.4) is 0 Å². The molecule has 1 unspecified atom stereocenters. The minimum absolute atomic E-state index is 0.166. The van der Waals surface area contributed by atoms with Crippen LogP contribution in [0.1, 0.15) is 33.1 Å². The molecule has 0 aromatic heterocycles. The molecule has 0 spiro atoms. The molecule has 19 heavy (non-hydrogen) atoms. The molecule has 1 heterocycles. The van der Waals surface area contributed by atoms with Crippen LogP contribution < -0.4 is 5.32 Å². The topological polar surface area (TPSA) is 73.9 Å². The highest BCUT2D eigenvalue weighted by atomic mass is 16.7. The van der Waals surface area contributed by atoms with Crippen molar-refractivity contribution in [1.29, 1.82) is 0 Å². The molecule has 1 rings (SSSR count). The van der Waals surface area contributed by atoms with E-state index >= 15 is 0 Å². The maximum absolute atomic E-state index is 12.1. The Morgan fingerprint density at radius 1 is 1.42 bits per heavy atom. The van der Waals surface area contributed by atoms with E-state index in [9.17, 15) is 9.59 Å². The summed E-state index contributed by atoms with van der Waals surface area (Å²) in [7, 11) is 1.55. The van der Waals surface area contributed by atoms with E-state index in [0.717, 1.165) is 19.3 Å². The van der Waals surface area contributed by atoms with Gasteiger partial charge in [-0.25, -0.2) is 4.79 Å². The zero-order chi connectivity index (χ0) is 14.3. The van der Waals surface area contributed by atoms with Gasteiger partial charge >= 0.3 is 5.97 Å². The number of hydrogen-bond donors (Lipinski definition) is 1. The van der Waals surface area contributed by atoms with E-state index in [1.165, 1.54) is 6.92 Å². The monoisotopic (exact) mass is 273 g/mol. The summed E-state index contributed by atoms with van der Waals surface area (Å²) in [5.74, 6) is -0.946. The largest absolute Gasteiger partial charge is 0.464 e. The number of esters is 1. The molecule has 2 atom stereocenters. The maximum atomic E-state index is 12.1. The molecule has 0 bridgehead atoms. The van der Waals surface area contributed by atoms with Crippen molar-refractivity contribution in [3.05, 3.63) is 0 Å². The molecule has 0 aliphatic carbocycles. The Morgan fingerprint density at radius 2 is 2.16 bits per heavy atom. The highest BCUT2D eigenvalue weighted by Crippen LogP contribution is 2.15. The Hall–Kier alpha value is -0.980. The second-order valence-corrected chi connectivity index (χ2v) is 4.63. The Labute approximate surface area is 113 Å². The van der Waals surface area contributed by atoms with Gasteiger partial charge in [-0.1, -0.05) is 0 Å². The van der Waals surface area contributed by atoms with Crippen LogP contribution in [0.2, 0.25) is 0 Å². The lowest BCUT2D eigenvalue weighted by Crippen LogP contribution is -2.56. The van der Waals surface area contributed by atoms with Gasteiger partial charge in [0.15, 0.2) is 17.6 Å². The van der Waals surface area contributed by atoms with Crippen LogP contribution in [0.25, 0.3) is 0 Å². The van der Waals surface area contributed by atoms with E-state index in [2.05, 4.69) is 5.32 Å². The van der Waals surface area contributed by atoms with E-state index in [0.29, 0.717) is 6.61 Å². The molecule has 110 valence electrons. The fraction of sp³-hybridized carbons (Fsp3) is 0.846. The van der Waals surface area contributed by atoms with Gasteiger partial charge < -0.3 is 14.2 Å². The van der Waals surface area contributed by atoms with Crippen molar-refractivity contribution in [2.75, 3.05) is 26.9 Å². The van der Waals surface area contributed by atoms with E-state index in [1.807, 2.05) is 0 Å². The number of ketones is 1. The summed E-state index contributed by atoms with van der Waals surface area (Å²) in [4.78, 5) is 23.9. The van der Waals surface area contributed by atoms with Gasteiger partial charge in [-0.3, -0.25) is 10.1 Å². The average molecular weight is 273 g/mol. The minimum Gasteiger partial charge on any atom is -0.464 e. The zero-order valence-electron chi connectivity index (χ0n) is 11.9. The van der Waals surface area contributed by atoms with Crippen LogP contribution in [0.5, 0.6) is 0 Å². The van der Waals surface area contributed by atoms with Crippen molar-refractivity contribution >= 4 is 11.8 Å². The Kier molecular flexibility index (Phi) is 6.41. The molecule has 0 aromatic carbocycles. The van der Waals surface area contributed by atoms with Crippen LogP contribution in [0.4, 0.5) is 0 Å². The molecule has 6 nitrogen and oxygen atoms in total. The zero-order valence-corrected chi connectivity index (χ0v) is 11.9. The van der Waals surface area contributed by atoms with E-state index < -0.39 is 11.5 Å². The van der Waals surface area contributed by atoms with Gasteiger partial charge in [0, 0.05) is 6.61 Å². The van der Waals surface area contributed by atoms with Gasteiger partial charge in [-0.2, -0.15) is 0 Å². The van der Waals surface area contributed by atoms with Gasteiger partial charge in [0.1, 0.15) is 6.61 Å². The quantitative estimate of drug-likeness (QED) is 0.542. The van der Waals surface area contributed by atoms with E-state index in [1.54, 1.807) is 14.0 Å². The number of carbonyl (C=O) groups excluding carboxylic acids is 2. The summed E-state index contributed by atoms with van der Waals surface area (Å²) in [6, 6.07) is 0. The maximum Gasteiger partial charge on any atom is 0.333 e. The van der Waals surface area contributed by atoms with Crippen LogP contribution in [-0.4, -0.2) is 50.4 Å². The molecule has 1 N–H and O–H groups in total. The first kappa shape index (κ1) is 16.1. The molecular weight excluding hydrogens is 250 g/mol. The first-order chi connectivity index (χ1) is 9.04. The normalized spacial score (nSPS) is 22.6. The highest BCUT2D eigenvalue weighted by molar-refractivity contribution is 6.08. The van der Waals surface area contributed by atoms with Crippen molar-refractivity contribution in [3.63, 3.8) is 0 Å². The van der Waals surface area contributed by atoms with Crippen molar-refractivity contribution in [2.24, 2.45) is 0 Å². The number of rotatable bonds is 7. The van der Waals surface area contributed by atoms with Crippen LogP contribution in [-0.2, 0) is 23.8 Å². The summed E-state index contributed by atoms with van der Waals surface area (Å²) >= 11 is 0. The van der Waals surface area contributed by atoms with E-state index in [4.69, 9.17) is 14.2 Å². The molecule has 1 saturated heterocycles. The molecule has 0 radical (unpaired) electrons. The van der Waals surface area contributed by atoms with Crippen molar-refractivity contribution < 1.29 is 23.8 Å². The SMILES string of the molecule is CCOC(=O)[C@](C)(NC)C(=O)COC1CCCCO1. The Balaban J connectivity index is 2.50. The summed E-state index contributed by atoms with van der Waals surface area (Å²) < 4.78 is 15.7. The molecule has 0 aromatic rings. The van der Waals surface area contributed by atoms with Crippen molar-refractivity contribution in [2.45, 2.75) is 44.9 Å². The molecule has 6 heteroatoms. The van der Waals surface area contributed by atoms with Crippen LogP contribution in [0.15, 0.2) is 0 Å². The smallest absolute Gasteiger partial charge is 0.333 e. The molecule has 0 amide bonds. The Morgan fingerprint density at radius 3 is 2.68 bits per heavy atom. The first-order valence-corrected chi connectivity index (χ1v) is 6.67. The number of likely N-dealkylation sites (N-methyl/N-ethyl adjacent to an activating group) is 1. The minimum atomic E-state index is -1.37. The predicted octanol–water partition coefficient (Wildman–Crippen LogP) is 0.640.